The molecule has 2 heterocycles. The van der Waals surface area contributed by atoms with E-state index in [1.54, 1.807) is 17.8 Å². The van der Waals surface area contributed by atoms with Crippen LogP contribution in [0.4, 0.5) is 5.82 Å². The summed E-state index contributed by atoms with van der Waals surface area (Å²) in [7, 11) is 0. The first-order valence-corrected chi connectivity index (χ1v) is 7.78. The van der Waals surface area contributed by atoms with Gasteiger partial charge in [0.1, 0.15) is 5.82 Å². The second-order valence-corrected chi connectivity index (χ2v) is 5.57. The molecule has 1 amide bonds. The van der Waals surface area contributed by atoms with Crippen LogP contribution in [0, 0.1) is 0 Å². The number of rotatable bonds is 7. The molecule has 0 radical (unpaired) electrons. The molecule has 0 aromatic carbocycles. The number of amides is 1. The summed E-state index contributed by atoms with van der Waals surface area (Å²) in [5.41, 5.74) is 2.36. The number of hydrogen-bond donors (Lipinski definition) is 3. The van der Waals surface area contributed by atoms with Gasteiger partial charge in [-0.05, 0) is 43.2 Å². The molecule has 1 aliphatic heterocycles. The van der Waals surface area contributed by atoms with Crippen LogP contribution >= 0.6 is 0 Å². The number of nitrogens with zero attached hydrogens (tertiary/aromatic N) is 2. The molecule has 3 N–H and O–H groups in total. The SMILES string of the molecule is CCCCN1CC[C@@H](Nc2ccc(C=CC(=O)NO)cn2)C1. The van der Waals surface area contributed by atoms with Crippen molar-refractivity contribution in [3.8, 4) is 0 Å². The van der Waals surface area contributed by atoms with Gasteiger partial charge in [0.15, 0.2) is 0 Å². The van der Waals surface area contributed by atoms with E-state index in [-0.39, 0.29) is 0 Å². The van der Waals surface area contributed by atoms with E-state index in [2.05, 4.69) is 22.1 Å². The molecule has 1 saturated heterocycles. The number of hydrogen-bond acceptors (Lipinski definition) is 5. The molecule has 0 saturated carbocycles. The maximum Gasteiger partial charge on any atom is 0.267 e. The number of unbranched alkanes of at least 4 members (excludes halogenated alkanes) is 1. The maximum absolute atomic E-state index is 10.9. The molecular formula is C16H24N4O2. The Morgan fingerprint density at radius 3 is 3.09 bits per heavy atom. The summed E-state index contributed by atoms with van der Waals surface area (Å²) in [6.07, 6.45) is 8.20. The first kappa shape index (κ1) is 16.5. The Bertz CT molecular complexity index is 501. The average Bonchev–Trinajstić information content (AvgIpc) is 2.99. The Hall–Kier alpha value is -1.92. The molecule has 1 atom stereocenters. The molecule has 0 aliphatic carbocycles. The van der Waals surface area contributed by atoms with Crippen LogP contribution in [0.5, 0.6) is 0 Å². The van der Waals surface area contributed by atoms with E-state index >= 15 is 0 Å². The average molecular weight is 304 g/mol. The largest absolute Gasteiger partial charge is 0.366 e. The zero-order chi connectivity index (χ0) is 15.8. The molecule has 22 heavy (non-hydrogen) atoms. The summed E-state index contributed by atoms with van der Waals surface area (Å²) in [5, 5.41) is 11.9. The minimum absolute atomic E-state index is 0.450. The lowest BCUT2D eigenvalue weighted by molar-refractivity contribution is -0.124. The molecular weight excluding hydrogens is 280 g/mol. The van der Waals surface area contributed by atoms with Crippen molar-refractivity contribution in [1.82, 2.24) is 15.4 Å². The summed E-state index contributed by atoms with van der Waals surface area (Å²) >= 11 is 0. The number of aromatic nitrogens is 1. The molecule has 1 aromatic rings. The van der Waals surface area contributed by atoms with Gasteiger partial charge in [-0.2, -0.15) is 0 Å². The molecule has 6 nitrogen and oxygen atoms in total. The molecule has 6 heteroatoms. The van der Waals surface area contributed by atoms with Gasteiger partial charge >= 0.3 is 0 Å². The van der Waals surface area contributed by atoms with Crippen molar-refractivity contribution in [2.75, 3.05) is 25.0 Å². The van der Waals surface area contributed by atoms with E-state index < -0.39 is 5.91 Å². The van der Waals surface area contributed by atoms with Gasteiger partial charge in [-0.3, -0.25) is 10.0 Å². The Labute approximate surface area is 131 Å². The van der Waals surface area contributed by atoms with Crippen molar-refractivity contribution in [2.45, 2.75) is 32.2 Å². The number of carbonyl (C=O) groups is 1. The number of hydroxylamine groups is 1. The van der Waals surface area contributed by atoms with Gasteiger partial charge in [-0.1, -0.05) is 13.3 Å². The first-order chi connectivity index (χ1) is 10.7. The highest BCUT2D eigenvalue weighted by atomic mass is 16.5. The van der Waals surface area contributed by atoms with Crippen LogP contribution in [0.2, 0.25) is 0 Å². The predicted molar refractivity (Wildman–Crippen MR) is 86.6 cm³/mol. The third kappa shape index (κ3) is 5.13. The van der Waals surface area contributed by atoms with Crippen LogP contribution in [0.15, 0.2) is 24.4 Å². The van der Waals surface area contributed by atoms with Crippen molar-refractivity contribution in [3.05, 3.63) is 30.0 Å². The normalized spacial score (nSPS) is 18.7. The minimum Gasteiger partial charge on any atom is -0.366 e. The lowest BCUT2D eigenvalue weighted by Gasteiger charge is -2.16. The number of likely N-dealkylation sites (tertiary alicyclic amines) is 1. The van der Waals surface area contributed by atoms with Crippen molar-refractivity contribution < 1.29 is 10.0 Å². The highest BCUT2D eigenvalue weighted by Crippen LogP contribution is 2.15. The summed E-state index contributed by atoms with van der Waals surface area (Å²) < 4.78 is 0. The van der Waals surface area contributed by atoms with E-state index in [1.165, 1.54) is 25.5 Å². The van der Waals surface area contributed by atoms with E-state index in [4.69, 9.17) is 5.21 Å². The zero-order valence-corrected chi connectivity index (χ0v) is 13.0. The zero-order valence-electron chi connectivity index (χ0n) is 13.0. The topological polar surface area (TPSA) is 77.5 Å². The molecule has 0 spiro atoms. The summed E-state index contributed by atoms with van der Waals surface area (Å²) in [6.45, 7) is 5.61. The van der Waals surface area contributed by atoms with Crippen molar-refractivity contribution in [2.24, 2.45) is 0 Å². The molecule has 1 fully saturated rings. The van der Waals surface area contributed by atoms with Gasteiger partial charge in [0.2, 0.25) is 0 Å². The number of nitrogens with one attached hydrogen (secondary N) is 2. The summed E-state index contributed by atoms with van der Waals surface area (Å²) in [4.78, 5) is 17.8. The van der Waals surface area contributed by atoms with Crippen LogP contribution in [0.25, 0.3) is 6.08 Å². The van der Waals surface area contributed by atoms with Gasteiger partial charge in [0.05, 0.1) is 0 Å². The predicted octanol–water partition coefficient (Wildman–Crippen LogP) is 1.89. The highest BCUT2D eigenvalue weighted by Gasteiger charge is 2.21. The summed E-state index contributed by atoms with van der Waals surface area (Å²) in [5.74, 6) is 0.298. The van der Waals surface area contributed by atoms with Crippen LogP contribution in [0.3, 0.4) is 0 Å². The number of pyridine rings is 1. The Morgan fingerprint density at radius 2 is 2.41 bits per heavy atom. The van der Waals surface area contributed by atoms with Crippen LogP contribution in [-0.4, -0.2) is 46.7 Å². The quantitative estimate of drug-likeness (QED) is 0.407. The summed E-state index contributed by atoms with van der Waals surface area (Å²) in [6, 6.07) is 4.25. The van der Waals surface area contributed by atoms with E-state index in [1.807, 2.05) is 12.1 Å². The van der Waals surface area contributed by atoms with Gasteiger partial charge < -0.3 is 10.2 Å². The maximum atomic E-state index is 10.9. The molecule has 1 aliphatic rings. The van der Waals surface area contributed by atoms with E-state index in [0.29, 0.717) is 6.04 Å². The highest BCUT2D eigenvalue weighted by molar-refractivity contribution is 5.90. The fourth-order valence-electron chi connectivity index (χ4n) is 2.54. The lowest BCUT2D eigenvalue weighted by atomic mass is 10.2. The van der Waals surface area contributed by atoms with Crippen molar-refractivity contribution >= 4 is 17.8 Å². The lowest BCUT2D eigenvalue weighted by Crippen LogP contribution is -2.27. The van der Waals surface area contributed by atoms with E-state index in [0.717, 1.165) is 30.9 Å². The molecule has 0 bridgehead atoms. The molecule has 1 aromatic heterocycles. The van der Waals surface area contributed by atoms with E-state index in [9.17, 15) is 4.79 Å². The molecule has 120 valence electrons. The van der Waals surface area contributed by atoms with Gasteiger partial charge in [0.25, 0.3) is 5.91 Å². The molecule has 2 rings (SSSR count). The number of carbonyl (C=O) groups excluding carboxylic acids is 1. The Morgan fingerprint density at radius 1 is 1.55 bits per heavy atom. The fourth-order valence-corrected chi connectivity index (χ4v) is 2.54. The second-order valence-electron chi connectivity index (χ2n) is 5.57. The monoisotopic (exact) mass is 304 g/mol. The van der Waals surface area contributed by atoms with Gasteiger partial charge in [0, 0.05) is 31.4 Å². The van der Waals surface area contributed by atoms with Crippen molar-refractivity contribution in [1.29, 1.82) is 0 Å². The second kappa shape index (κ2) is 8.51. The van der Waals surface area contributed by atoms with Gasteiger partial charge in [-0.25, -0.2) is 10.5 Å². The van der Waals surface area contributed by atoms with Crippen LogP contribution < -0.4 is 10.8 Å². The molecule has 0 unspecified atom stereocenters. The van der Waals surface area contributed by atoms with Crippen LogP contribution in [-0.2, 0) is 4.79 Å². The minimum atomic E-state index is -0.555. The first-order valence-electron chi connectivity index (χ1n) is 7.78. The van der Waals surface area contributed by atoms with Gasteiger partial charge in [-0.15, -0.1) is 0 Å². The number of anilines is 1. The van der Waals surface area contributed by atoms with Crippen LogP contribution in [0.1, 0.15) is 31.7 Å². The standard InChI is InChI=1S/C16H24N4O2/c1-2-3-9-20-10-8-14(12-20)18-15-6-4-13(11-17-15)5-7-16(21)19-22/h4-7,11,14,22H,2-3,8-10,12H2,1H3,(H,17,18)(H,19,21)/t14-/m1/s1. The Balaban J connectivity index is 1.82. The van der Waals surface area contributed by atoms with Crippen molar-refractivity contribution in [3.63, 3.8) is 0 Å². The third-order valence-corrected chi connectivity index (χ3v) is 3.78. The Kier molecular flexibility index (Phi) is 6.36. The third-order valence-electron chi connectivity index (χ3n) is 3.78. The smallest absolute Gasteiger partial charge is 0.267 e. The fraction of sp³-hybridized carbons (Fsp3) is 0.500.